The Morgan fingerprint density at radius 2 is 2.31 bits per heavy atom. The number of aliphatic imine (C=N–C) groups is 1. The number of nitrogens with zero attached hydrogens (tertiary/aromatic N) is 2. The first-order valence-corrected chi connectivity index (χ1v) is 5.36. The van der Waals surface area contributed by atoms with Crippen LogP contribution in [0.15, 0.2) is 4.99 Å². The Morgan fingerprint density at radius 1 is 1.56 bits per heavy atom. The molecular weight excluding hydrogens is 210 g/mol. The van der Waals surface area contributed by atoms with E-state index in [1.165, 1.54) is 4.90 Å². The summed E-state index contributed by atoms with van der Waals surface area (Å²) >= 11 is 0. The van der Waals surface area contributed by atoms with Crippen LogP contribution in [0.25, 0.3) is 0 Å². The largest absolute Gasteiger partial charge is 0.478 e. The molecule has 2 rings (SSSR count). The Balaban J connectivity index is 2.07. The van der Waals surface area contributed by atoms with Gasteiger partial charge in [-0.25, -0.2) is 4.99 Å². The van der Waals surface area contributed by atoms with Crippen molar-refractivity contribution in [3.8, 4) is 0 Å². The second-order valence-corrected chi connectivity index (χ2v) is 4.07. The van der Waals surface area contributed by atoms with Crippen molar-refractivity contribution in [3.63, 3.8) is 0 Å². The van der Waals surface area contributed by atoms with E-state index in [2.05, 4.69) is 4.99 Å². The molecule has 88 valence electrons. The molecule has 0 aromatic rings. The number of ether oxygens (including phenoxy) is 1. The second-order valence-electron chi connectivity index (χ2n) is 4.07. The topological polar surface area (TPSA) is 85.0 Å². The van der Waals surface area contributed by atoms with Crippen LogP contribution in [-0.4, -0.2) is 47.8 Å². The van der Waals surface area contributed by atoms with Crippen LogP contribution < -0.4 is 5.73 Å². The average Bonchev–Trinajstić information content (AvgIpc) is 2.84. The normalized spacial score (nSPS) is 28.8. The molecule has 2 amide bonds. The van der Waals surface area contributed by atoms with Crippen molar-refractivity contribution in [2.45, 2.75) is 31.8 Å². The number of amides is 2. The summed E-state index contributed by atoms with van der Waals surface area (Å²) in [4.78, 5) is 28.8. The number of hydrogen-bond donors (Lipinski definition) is 1. The van der Waals surface area contributed by atoms with E-state index in [0.29, 0.717) is 18.9 Å². The van der Waals surface area contributed by atoms with Gasteiger partial charge in [0.1, 0.15) is 12.6 Å². The van der Waals surface area contributed by atoms with Gasteiger partial charge in [0.15, 0.2) is 11.9 Å². The van der Waals surface area contributed by atoms with Crippen LogP contribution in [0, 0.1) is 0 Å². The first kappa shape index (κ1) is 10.9. The van der Waals surface area contributed by atoms with Gasteiger partial charge in [-0.05, 0) is 12.8 Å². The van der Waals surface area contributed by atoms with Crippen LogP contribution in [0.5, 0.6) is 0 Å². The predicted molar refractivity (Wildman–Crippen MR) is 56.8 cm³/mol. The van der Waals surface area contributed by atoms with Crippen LogP contribution in [0.2, 0.25) is 0 Å². The van der Waals surface area contributed by atoms with Crippen molar-refractivity contribution in [2.24, 2.45) is 10.7 Å². The number of carbonyl (C=O) groups excluding carboxylic acids is 2. The lowest BCUT2D eigenvalue weighted by Gasteiger charge is -2.23. The summed E-state index contributed by atoms with van der Waals surface area (Å²) in [6.45, 7) is 2.56. The van der Waals surface area contributed by atoms with Crippen LogP contribution in [0.3, 0.4) is 0 Å². The minimum absolute atomic E-state index is 0.154. The number of hydrogen-bond acceptors (Lipinski definition) is 4. The summed E-state index contributed by atoms with van der Waals surface area (Å²) in [5, 5.41) is 0. The molecule has 2 aliphatic heterocycles. The second kappa shape index (κ2) is 4.11. The van der Waals surface area contributed by atoms with Gasteiger partial charge in [-0.1, -0.05) is 0 Å². The molecule has 0 aromatic heterocycles. The minimum atomic E-state index is -0.500. The molecular formula is C10H15N3O3. The highest BCUT2D eigenvalue weighted by Crippen LogP contribution is 2.20. The minimum Gasteiger partial charge on any atom is -0.478 e. The number of rotatable bonds is 2. The van der Waals surface area contributed by atoms with Crippen molar-refractivity contribution in [1.29, 1.82) is 0 Å². The molecule has 0 bridgehead atoms. The fourth-order valence-corrected chi connectivity index (χ4v) is 2.14. The molecule has 2 aliphatic rings. The molecule has 0 unspecified atom stereocenters. The third kappa shape index (κ3) is 1.87. The number of nitrogens with two attached hydrogens (primary N) is 1. The maximum atomic E-state index is 12.0. The van der Waals surface area contributed by atoms with Crippen molar-refractivity contribution >= 4 is 17.7 Å². The zero-order valence-corrected chi connectivity index (χ0v) is 9.18. The molecule has 0 saturated carbocycles. The molecule has 2 atom stereocenters. The van der Waals surface area contributed by atoms with Crippen LogP contribution in [0.4, 0.5) is 0 Å². The molecule has 16 heavy (non-hydrogen) atoms. The maximum Gasteiger partial charge on any atom is 0.251 e. The van der Waals surface area contributed by atoms with E-state index < -0.39 is 18.0 Å². The Labute approximate surface area is 93.4 Å². The highest BCUT2D eigenvalue weighted by Gasteiger charge is 2.37. The molecule has 2 N–H and O–H groups in total. The smallest absolute Gasteiger partial charge is 0.251 e. The van der Waals surface area contributed by atoms with E-state index in [9.17, 15) is 9.59 Å². The van der Waals surface area contributed by atoms with E-state index in [4.69, 9.17) is 10.5 Å². The maximum absolute atomic E-state index is 12.0. The van der Waals surface area contributed by atoms with Crippen molar-refractivity contribution in [2.75, 3.05) is 13.2 Å². The summed E-state index contributed by atoms with van der Waals surface area (Å²) in [7, 11) is 0. The van der Waals surface area contributed by atoms with Gasteiger partial charge in [-0.2, -0.15) is 0 Å². The van der Waals surface area contributed by atoms with E-state index in [-0.39, 0.29) is 12.5 Å². The molecule has 1 fully saturated rings. The SMILES string of the molecule is CC1=N[C@H](C(=O)N2CCC[C@H]2C(N)=O)CO1. The molecule has 0 spiro atoms. The van der Waals surface area contributed by atoms with E-state index in [0.717, 1.165) is 6.42 Å². The van der Waals surface area contributed by atoms with Gasteiger partial charge in [-0.15, -0.1) is 0 Å². The highest BCUT2D eigenvalue weighted by atomic mass is 16.5. The number of likely N-dealkylation sites (tertiary alicyclic amines) is 1. The lowest BCUT2D eigenvalue weighted by Crippen LogP contribution is -2.47. The highest BCUT2D eigenvalue weighted by molar-refractivity contribution is 5.92. The van der Waals surface area contributed by atoms with Crippen molar-refractivity contribution in [3.05, 3.63) is 0 Å². The molecule has 6 nitrogen and oxygen atoms in total. The van der Waals surface area contributed by atoms with Gasteiger partial charge < -0.3 is 15.4 Å². The lowest BCUT2D eigenvalue weighted by molar-refractivity contribution is -0.138. The summed E-state index contributed by atoms with van der Waals surface area (Å²) in [6, 6.07) is -0.969. The van der Waals surface area contributed by atoms with Gasteiger partial charge in [0, 0.05) is 13.5 Å². The van der Waals surface area contributed by atoms with Gasteiger partial charge in [0.2, 0.25) is 5.91 Å². The summed E-state index contributed by atoms with van der Waals surface area (Å²) in [5.74, 6) is -0.0724. The quantitative estimate of drug-likeness (QED) is 0.673. The number of primary amides is 1. The fourth-order valence-electron chi connectivity index (χ4n) is 2.14. The molecule has 2 heterocycles. The molecule has 0 radical (unpaired) electrons. The van der Waals surface area contributed by atoms with Crippen LogP contribution >= 0.6 is 0 Å². The zero-order valence-electron chi connectivity index (χ0n) is 9.18. The Hall–Kier alpha value is -1.59. The number of carbonyl (C=O) groups is 2. The molecule has 6 heteroatoms. The Morgan fingerprint density at radius 3 is 2.88 bits per heavy atom. The van der Waals surface area contributed by atoms with E-state index in [1.807, 2.05) is 0 Å². The molecule has 0 aromatic carbocycles. The van der Waals surface area contributed by atoms with Crippen molar-refractivity contribution in [1.82, 2.24) is 4.90 Å². The summed E-state index contributed by atoms with van der Waals surface area (Å²) in [5.41, 5.74) is 5.25. The third-order valence-electron chi connectivity index (χ3n) is 2.94. The van der Waals surface area contributed by atoms with Gasteiger partial charge in [0.25, 0.3) is 5.91 Å². The Bertz CT molecular complexity index is 353. The van der Waals surface area contributed by atoms with E-state index in [1.54, 1.807) is 6.92 Å². The average molecular weight is 225 g/mol. The van der Waals surface area contributed by atoms with Gasteiger partial charge in [0.05, 0.1) is 0 Å². The monoisotopic (exact) mass is 225 g/mol. The lowest BCUT2D eigenvalue weighted by atomic mass is 10.2. The van der Waals surface area contributed by atoms with Crippen LogP contribution in [-0.2, 0) is 14.3 Å². The Kier molecular flexibility index (Phi) is 2.80. The first-order valence-electron chi connectivity index (χ1n) is 5.36. The fraction of sp³-hybridized carbons (Fsp3) is 0.700. The molecule has 0 aliphatic carbocycles. The summed E-state index contributed by atoms with van der Waals surface area (Å²) < 4.78 is 5.13. The first-order chi connectivity index (χ1) is 7.59. The van der Waals surface area contributed by atoms with E-state index >= 15 is 0 Å². The van der Waals surface area contributed by atoms with Crippen molar-refractivity contribution < 1.29 is 14.3 Å². The standard InChI is InChI=1S/C10H15N3O3/c1-6-12-7(5-16-6)10(15)13-4-2-3-8(13)9(11)14/h7-8H,2-5H2,1H3,(H2,11,14)/t7-,8-/m0/s1. The van der Waals surface area contributed by atoms with Crippen LogP contribution in [0.1, 0.15) is 19.8 Å². The summed E-state index contributed by atoms with van der Waals surface area (Å²) in [6.07, 6.45) is 1.47. The predicted octanol–water partition coefficient (Wildman–Crippen LogP) is -0.720. The van der Waals surface area contributed by atoms with Gasteiger partial charge >= 0.3 is 0 Å². The molecule has 1 saturated heterocycles. The van der Waals surface area contributed by atoms with Gasteiger partial charge in [-0.3, -0.25) is 9.59 Å². The zero-order chi connectivity index (χ0) is 11.7. The third-order valence-corrected chi connectivity index (χ3v) is 2.94.